The second-order valence-corrected chi connectivity index (χ2v) is 27.1. The topological polar surface area (TPSA) is 307 Å². The van der Waals surface area contributed by atoms with Crippen molar-refractivity contribution in [2.75, 3.05) is 26.4 Å². The van der Waals surface area contributed by atoms with E-state index in [9.17, 15) is 61.0 Å². The Morgan fingerprint density at radius 3 is 1.12 bits per heavy atom. The van der Waals surface area contributed by atoms with Crippen LogP contribution < -0.4 is 5.32 Å². The molecule has 0 aromatic rings. The number of carbonyl (C=O) groups excluding carboxylic acids is 1. The molecule has 0 radical (unpaired) electrons. The van der Waals surface area contributed by atoms with Crippen molar-refractivity contribution < 1.29 is 89.4 Å². The van der Waals surface area contributed by atoms with Gasteiger partial charge in [0.05, 0.1) is 38.6 Å². The lowest BCUT2D eigenvalue weighted by Crippen LogP contribution is -2.66. The van der Waals surface area contributed by atoms with Crippen LogP contribution in [-0.2, 0) is 33.2 Å². The summed E-state index contributed by atoms with van der Waals surface area (Å²) < 4.78 is 34.4. The second-order valence-electron chi connectivity index (χ2n) is 27.1. The zero-order valence-corrected chi connectivity index (χ0v) is 59.3. The summed E-state index contributed by atoms with van der Waals surface area (Å²) in [5, 5.41) is 121. The number of hydrogen-bond donors (Lipinski definition) is 12. The molecule has 558 valence electrons. The number of ether oxygens (including phenoxy) is 6. The largest absolute Gasteiger partial charge is 0.394 e. The van der Waals surface area contributed by atoms with Crippen LogP contribution in [0.25, 0.3) is 0 Å². The molecule has 0 bridgehead atoms. The standard InChI is InChI=1S/C77H137NO18/c1-3-5-7-9-11-13-15-17-19-21-23-25-27-29-31-32-34-36-38-40-42-44-46-48-50-52-54-61(82)60(78-65(83)55-53-51-49-47-45-43-41-39-37-35-33-30-28-26-24-22-20-18-16-14-12-10-8-6-4-2)59-91-75-71(89)68(86)73(63(57-80)93-75)96-77-72(90)69(87)74(64(58-81)94-77)95-76-70(88)67(85)66(84)62(56-79)92-76/h6,8,12,14,18,20,24,26,30,33,52,54,60-64,66-77,79-82,84-90H,3-5,7,9-11,13,15-17,19,21-23,25,27-29,31-32,34-51,53,55-59H2,1-2H3,(H,78,83)/b8-6-,14-12-,20-18-,26-24-,33-30-,54-52+. The predicted molar refractivity (Wildman–Crippen MR) is 378 cm³/mol. The highest BCUT2D eigenvalue weighted by Crippen LogP contribution is 2.33. The lowest BCUT2D eigenvalue weighted by molar-refractivity contribution is -0.379. The summed E-state index contributed by atoms with van der Waals surface area (Å²) in [5.74, 6) is -0.282. The van der Waals surface area contributed by atoms with Crippen LogP contribution in [0.1, 0.15) is 277 Å². The van der Waals surface area contributed by atoms with Gasteiger partial charge in [0.15, 0.2) is 18.9 Å². The van der Waals surface area contributed by atoms with Crippen LogP contribution in [0.5, 0.6) is 0 Å². The first-order valence-corrected chi connectivity index (χ1v) is 38.2. The summed E-state index contributed by atoms with van der Waals surface area (Å²) in [6, 6.07) is -0.982. The third-order valence-electron chi connectivity index (χ3n) is 18.8. The smallest absolute Gasteiger partial charge is 0.220 e. The second kappa shape index (κ2) is 57.8. The van der Waals surface area contributed by atoms with Crippen molar-refractivity contribution >= 4 is 5.91 Å². The van der Waals surface area contributed by atoms with Crippen LogP contribution in [0.15, 0.2) is 72.9 Å². The van der Waals surface area contributed by atoms with E-state index in [0.717, 1.165) is 89.9 Å². The Morgan fingerprint density at radius 2 is 0.719 bits per heavy atom. The van der Waals surface area contributed by atoms with Crippen LogP contribution in [0.4, 0.5) is 0 Å². The summed E-state index contributed by atoms with van der Waals surface area (Å²) in [5.41, 5.74) is 0. The van der Waals surface area contributed by atoms with E-state index < -0.39 is 124 Å². The van der Waals surface area contributed by atoms with Crippen LogP contribution in [-0.4, -0.2) is 193 Å². The first-order valence-electron chi connectivity index (χ1n) is 38.2. The van der Waals surface area contributed by atoms with E-state index in [1.165, 1.54) is 161 Å². The summed E-state index contributed by atoms with van der Waals surface area (Å²) in [4.78, 5) is 13.5. The molecular weight excluding hydrogens is 1230 g/mol. The Morgan fingerprint density at radius 1 is 0.385 bits per heavy atom. The zero-order chi connectivity index (χ0) is 69.6. The summed E-state index contributed by atoms with van der Waals surface area (Å²) in [7, 11) is 0. The lowest BCUT2D eigenvalue weighted by atomic mass is 9.96. The summed E-state index contributed by atoms with van der Waals surface area (Å²) >= 11 is 0. The van der Waals surface area contributed by atoms with Crippen molar-refractivity contribution in [3.8, 4) is 0 Å². The Bertz CT molecular complexity index is 2020. The Hall–Kier alpha value is -2.77. The SMILES string of the molecule is CC/C=C\C/C=C\C/C=C\C/C=C\C/C=C\CCCCCCCCCCCC(=O)NC(COC1OC(CO)C(OC2OC(CO)C(OC3OC(CO)C(O)C(O)C3O)C(O)C2O)C(O)C1O)C(O)/C=C/CCCCCCCCCCCCCCCCCCCCCCCCCC. The maximum Gasteiger partial charge on any atom is 0.220 e. The average Bonchev–Trinajstić information content (AvgIpc) is 0.788. The van der Waals surface area contributed by atoms with Gasteiger partial charge in [0.25, 0.3) is 0 Å². The van der Waals surface area contributed by atoms with E-state index in [1.807, 2.05) is 6.08 Å². The Kier molecular flexibility index (Phi) is 52.7. The molecule has 0 spiro atoms. The number of aliphatic hydroxyl groups is 11. The van der Waals surface area contributed by atoms with Gasteiger partial charge in [-0.05, 0) is 64.2 Å². The fraction of sp³-hybridized carbons (Fsp3) is 0.831. The molecule has 12 N–H and O–H groups in total. The van der Waals surface area contributed by atoms with E-state index in [4.69, 9.17) is 28.4 Å². The Labute approximate surface area is 578 Å². The molecule has 1 amide bonds. The van der Waals surface area contributed by atoms with E-state index in [2.05, 4.69) is 79.9 Å². The van der Waals surface area contributed by atoms with Crippen molar-refractivity contribution in [2.45, 2.75) is 381 Å². The first-order chi connectivity index (χ1) is 46.8. The number of nitrogens with one attached hydrogen (secondary N) is 1. The minimum Gasteiger partial charge on any atom is -0.394 e. The van der Waals surface area contributed by atoms with E-state index in [-0.39, 0.29) is 18.9 Å². The number of allylic oxidation sites excluding steroid dienone is 11. The minimum atomic E-state index is -1.98. The number of amides is 1. The molecule has 3 rings (SSSR count). The fourth-order valence-corrected chi connectivity index (χ4v) is 12.6. The Balaban J connectivity index is 1.41. The van der Waals surface area contributed by atoms with Crippen molar-refractivity contribution in [1.29, 1.82) is 0 Å². The molecule has 3 saturated heterocycles. The van der Waals surface area contributed by atoms with Gasteiger partial charge in [-0.25, -0.2) is 0 Å². The minimum absolute atomic E-state index is 0.233. The lowest BCUT2D eigenvalue weighted by Gasteiger charge is -2.48. The quantitative estimate of drug-likeness (QED) is 0.0199. The number of aliphatic hydroxyl groups excluding tert-OH is 11. The average molecular weight is 1360 g/mol. The van der Waals surface area contributed by atoms with Crippen LogP contribution in [0, 0.1) is 0 Å². The van der Waals surface area contributed by atoms with Gasteiger partial charge in [-0.3, -0.25) is 4.79 Å². The molecule has 0 aromatic heterocycles. The van der Waals surface area contributed by atoms with Gasteiger partial charge in [-0.2, -0.15) is 0 Å². The maximum atomic E-state index is 13.5. The molecular formula is C77H137NO18. The molecule has 17 atom stereocenters. The molecule has 3 heterocycles. The van der Waals surface area contributed by atoms with E-state index >= 15 is 0 Å². The molecule has 0 aromatic carbocycles. The van der Waals surface area contributed by atoms with Crippen molar-refractivity contribution in [3.05, 3.63) is 72.9 Å². The normalized spacial score (nSPS) is 27.4. The maximum absolute atomic E-state index is 13.5. The van der Waals surface area contributed by atoms with Gasteiger partial charge in [0, 0.05) is 6.42 Å². The molecule has 0 saturated carbocycles. The molecule has 3 aliphatic heterocycles. The number of carbonyl (C=O) groups is 1. The van der Waals surface area contributed by atoms with Gasteiger partial charge in [0.2, 0.25) is 5.91 Å². The molecule has 96 heavy (non-hydrogen) atoms. The highest BCUT2D eigenvalue weighted by molar-refractivity contribution is 5.76. The zero-order valence-electron chi connectivity index (χ0n) is 59.3. The van der Waals surface area contributed by atoms with Gasteiger partial charge in [0.1, 0.15) is 73.2 Å². The molecule has 3 aliphatic rings. The molecule has 3 fully saturated rings. The summed E-state index contributed by atoms with van der Waals surface area (Å²) in [6.45, 7) is 1.64. The first kappa shape index (κ1) is 87.4. The molecule has 0 aliphatic carbocycles. The molecule has 19 heteroatoms. The van der Waals surface area contributed by atoms with E-state index in [0.29, 0.717) is 6.42 Å². The third-order valence-corrected chi connectivity index (χ3v) is 18.8. The van der Waals surface area contributed by atoms with Crippen molar-refractivity contribution in [1.82, 2.24) is 5.32 Å². The van der Waals surface area contributed by atoms with Crippen LogP contribution in [0.2, 0.25) is 0 Å². The molecule has 19 nitrogen and oxygen atoms in total. The highest BCUT2D eigenvalue weighted by atomic mass is 16.8. The number of hydrogen-bond acceptors (Lipinski definition) is 18. The third kappa shape index (κ3) is 38.3. The monoisotopic (exact) mass is 1360 g/mol. The van der Waals surface area contributed by atoms with E-state index in [1.54, 1.807) is 6.08 Å². The van der Waals surface area contributed by atoms with Gasteiger partial charge in [-0.15, -0.1) is 0 Å². The molecule has 17 unspecified atom stereocenters. The predicted octanol–water partition coefficient (Wildman–Crippen LogP) is 11.7. The van der Waals surface area contributed by atoms with Crippen molar-refractivity contribution in [3.63, 3.8) is 0 Å². The van der Waals surface area contributed by atoms with Gasteiger partial charge >= 0.3 is 0 Å². The van der Waals surface area contributed by atoms with Gasteiger partial charge < -0.3 is 89.9 Å². The number of unbranched alkanes of at least 4 members (excludes halogenated alkanes) is 33. The number of rotatable bonds is 59. The highest BCUT2D eigenvalue weighted by Gasteiger charge is 2.53. The van der Waals surface area contributed by atoms with Gasteiger partial charge in [-0.1, -0.05) is 279 Å². The van der Waals surface area contributed by atoms with Crippen LogP contribution >= 0.6 is 0 Å². The van der Waals surface area contributed by atoms with Crippen molar-refractivity contribution in [2.24, 2.45) is 0 Å². The summed E-state index contributed by atoms with van der Waals surface area (Å²) in [6.07, 6.45) is 47.3. The van der Waals surface area contributed by atoms with Crippen LogP contribution in [0.3, 0.4) is 0 Å². The fourth-order valence-electron chi connectivity index (χ4n) is 12.6.